The number of carboxylic acids is 1. The summed E-state index contributed by atoms with van der Waals surface area (Å²) in [5.41, 5.74) is -0.630. The van der Waals surface area contributed by atoms with E-state index in [9.17, 15) is 23.1 Å². The molecule has 0 radical (unpaired) electrons. The predicted molar refractivity (Wildman–Crippen MR) is 84.4 cm³/mol. The van der Waals surface area contributed by atoms with E-state index in [1.54, 1.807) is 0 Å². The first kappa shape index (κ1) is 18.2. The Balaban J connectivity index is 1.84. The van der Waals surface area contributed by atoms with E-state index in [1.807, 2.05) is 0 Å². The Morgan fingerprint density at radius 2 is 2.00 bits per heavy atom. The topological polar surface area (TPSA) is 107 Å². The summed E-state index contributed by atoms with van der Waals surface area (Å²) in [5, 5.41) is 12.2. The minimum absolute atomic E-state index is 0.0520. The second kappa shape index (κ2) is 6.74. The van der Waals surface area contributed by atoms with E-state index in [1.165, 1.54) is 18.4 Å². The summed E-state index contributed by atoms with van der Waals surface area (Å²) in [4.78, 5) is 25.1. The zero-order valence-corrected chi connectivity index (χ0v) is 14.4. The van der Waals surface area contributed by atoms with Gasteiger partial charge in [-0.15, -0.1) is 0 Å². The fraction of sp³-hybridized carbons (Fsp3) is 0.857. The summed E-state index contributed by atoms with van der Waals surface area (Å²) in [7, 11) is -0.131. The molecule has 23 heavy (non-hydrogen) atoms. The molecule has 0 saturated carbocycles. The number of carbonyl (C=O) groups excluding carboxylic acids is 1. The third-order valence-electron chi connectivity index (χ3n) is 4.92. The number of nitrogens with zero attached hydrogens (tertiary/aromatic N) is 2. The van der Waals surface area contributed by atoms with Gasteiger partial charge in [0, 0.05) is 33.6 Å². The number of hydrogen-bond donors (Lipinski definition) is 2. The van der Waals surface area contributed by atoms with Gasteiger partial charge in [0.25, 0.3) is 0 Å². The van der Waals surface area contributed by atoms with Crippen LogP contribution in [0.25, 0.3) is 0 Å². The number of likely N-dealkylation sites (tertiary alicyclic amines) is 1. The number of nitrogens with one attached hydrogen (secondary N) is 1. The van der Waals surface area contributed by atoms with Crippen molar-refractivity contribution in [2.24, 2.45) is 5.92 Å². The van der Waals surface area contributed by atoms with Gasteiger partial charge in [-0.25, -0.2) is 12.7 Å². The lowest BCUT2D eigenvalue weighted by Gasteiger charge is -2.41. The van der Waals surface area contributed by atoms with Gasteiger partial charge in [-0.05, 0) is 25.8 Å². The lowest BCUT2D eigenvalue weighted by Crippen LogP contribution is -2.55. The molecule has 2 rings (SSSR count). The van der Waals surface area contributed by atoms with Crippen LogP contribution in [0.3, 0.4) is 0 Å². The number of piperidine rings is 1. The Hall–Kier alpha value is -1.19. The van der Waals surface area contributed by atoms with Crippen LogP contribution in [0.5, 0.6) is 0 Å². The highest BCUT2D eigenvalue weighted by Crippen LogP contribution is 2.36. The van der Waals surface area contributed by atoms with E-state index >= 15 is 0 Å². The van der Waals surface area contributed by atoms with Gasteiger partial charge in [-0.2, -0.15) is 0 Å². The highest BCUT2D eigenvalue weighted by molar-refractivity contribution is 7.89. The summed E-state index contributed by atoms with van der Waals surface area (Å²) in [5.74, 6) is -1.67. The number of sulfonamides is 1. The molecule has 2 saturated heterocycles. The van der Waals surface area contributed by atoms with Crippen molar-refractivity contribution < 1.29 is 23.1 Å². The van der Waals surface area contributed by atoms with Gasteiger partial charge < -0.3 is 15.3 Å². The molecular formula is C14H25N3O5S. The molecule has 0 aliphatic carbocycles. The van der Waals surface area contributed by atoms with Crippen LogP contribution in [0.1, 0.15) is 25.7 Å². The van der Waals surface area contributed by atoms with Gasteiger partial charge in [0.15, 0.2) is 0 Å². The van der Waals surface area contributed by atoms with Crippen LogP contribution in [0.4, 0.5) is 0 Å². The first-order chi connectivity index (χ1) is 10.7. The molecule has 0 bridgehead atoms. The molecule has 2 fully saturated rings. The largest absolute Gasteiger partial charge is 0.481 e. The van der Waals surface area contributed by atoms with Crippen LogP contribution in [-0.2, 0) is 19.6 Å². The lowest BCUT2D eigenvalue weighted by molar-refractivity contribution is -0.144. The highest BCUT2D eigenvalue weighted by Gasteiger charge is 2.51. The normalized spacial score (nSPS) is 25.0. The molecule has 8 nitrogen and oxygen atoms in total. The number of carboxylic acid groups (broad SMARTS) is 1. The first-order valence-electron chi connectivity index (χ1n) is 7.83. The van der Waals surface area contributed by atoms with Crippen molar-refractivity contribution in [1.82, 2.24) is 14.5 Å². The van der Waals surface area contributed by atoms with Crippen molar-refractivity contribution in [3.63, 3.8) is 0 Å². The van der Waals surface area contributed by atoms with Gasteiger partial charge in [0.05, 0.1) is 17.2 Å². The van der Waals surface area contributed by atoms with Crippen LogP contribution < -0.4 is 5.32 Å². The number of hydrogen-bond acceptors (Lipinski definition) is 5. The maximum Gasteiger partial charge on any atom is 0.309 e. The van der Waals surface area contributed by atoms with Crippen LogP contribution >= 0.6 is 0 Å². The second-order valence-electron chi connectivity index (χ2n) is 6.59. The zero-order chi connectivity index (χ0) is 17.3. The van der Waals surface area contributed by atoms with Crippen molar-refractivity contribution in [3.05, 3.63) is 0 Å². The Kier molecular flexibility index (Phi) is 5.32. The Labute approximate surface area is 136 Å². The molecule has 2 aliphatic heterocycles. The molecule has 0 aromatic carbocycles. The van der Waals surface area contributed by atoms with E-state index in [-0.39, 0.29) is 18.1 Å². The lowest BCUT2D eigenvalue weighted by atomic mass is 9.78. The van der Waals surface area contributed by atoms with Crippen molar-refractivity contribution in [3.8, 4) is 0 Å². The van der Waals surface area contributed by atoms with E-state index in [0.29, 0.717) is 38.9 Å². The molecule has 132 valence electrons. The molecule has 0 unspecified atom stereocenters. The van der Waals surface area contributed by atoms with Crippen molar-refractivity contribution >= 4 is 21.9 Å². The summed E-state index contributed by atoms with van der Waals surface area (Å²) in [6, 6.07) is 0. The van der Waals surface area contributed by atoms with Crippen LogP contribution in [-0.4, -0.2) is 79.6 Å². The van der Waals surface area contributed by atoms with E-state index < -0.39 is 27.4 Å². The average Bonchev–Trinajstić information content (AvgIpc) is 2.78. The average molecular weight is 347 g/mol. The summed E-state index contributed by atoms with van der Waals surface area (Å²) in [6.45, 7) is 2.01. The third-order valence-corrected chi connectivity index (χ3v) is 6.84. The molecular weight excluding hydrogens is 322 g/mol. The second-order valence-corrected chi connectivity index (χ2v) is 8.90. The number of amides is 1. The van der Waals surface area contributed by atoms with E-state index in [4.69, 9.17) is 0 Å². The third kappa shape index (κ3) is 4.02. The van der Waals surface area contributed by atoms with Gasteiger partial charge in [-0.3, -0.25) is 9.59 Å². The minimum atomic E-state index is -3.18. The minimum Gasteiger partial charge on any atom is -0.481 e. The Bertz CT molecular complexity index is 567. The molecule has 9 heteroatoms. The predicted octanol–water partition coefficient (Wildman–Crippen LogP) is -0.677. The Morgan fingerprint density at radius 1 is 1.39 bits per heavy atom. The molecule has 2 N–H and O–H groups in total. The monoisotopic (exact) mass is 347 g/mol. The maximum absolute atomic E-state index is 11.7. The molecule has 1 atom stereocenters. The van der Waals surface area contributed by atoms with Crippen LogP contribution in [0.15, 0.2) is 0 Å². The highest BCUT2D eigenvalue weighted by atomic mass is 32.2. The van der Waals surface area contributed by atoms with E-state index in [0.717, 1.165) is 0 Å². The smallest absolute Gasteiger partial charge is 0.309 e. The number of rotatable bonds is 6. The fourth-order valence-electron chi connectivity index (χ4n) is 3.42. The SMILES string of the molecule is CN(C)S(=O)(=O)CCCN1CCC2(CC1)NC(=O)C[C@@H]2C(=O)O. The molecule has 1 amide bonds. The Morgan fingerprint density at radius 3 is 2.52 bits per heavy atom. The molecule has 0 aromatic heterocycles. The van der Waals surface area contributed by atoms with Gasteiger partial charge >= 0.3 is 5.97 Å². The van der Waals surface area contributed by atoms with Gasteiger partial charge in [0.2, 0.25) is 15.9 Å². The van der Waals surface area contributed by atoms with Gasteiger partial charge in [0.1, 0.15) is 0 Å². The quantitative estimate of drug-likeness (QED) is 0.659. The zero-order valence-electron chi connectivity index (χ0n) is 13.6. The van der Waals surface area contributed by atoms with Crippen molar-refractivity contribution in [2.45, 2.75) is 31.2 Å². The standard InChI is InChI=1S/C14H25N3O5S/c1-16(2)23(21,22)9-3-6-17-7-4-14(5-8-17)11(13(19)20)10-12(18)15-14/h11H,3-10H2,1-2H3,(H,15,18)(H,19,20)/t11-/m1/s1. The fourth-order valence-corrected chi connectivity index (χ4v) is 4.28. The molecule has 2 aliphatic rings. The van der Waals surface area contributed by atoms with Crippen LogP contribution in [0.2, 0.25) is 0 Å². The molecule has 0 aromatic rings. The van der Waals surface area contributed by atoms with E-state index in [2.05, 4.69) is 10.2 Å². The summed E-state index contributed by atoms with van der Waals surface area (Å²) >= 11 is 0. The summed E-state index contributed by atoms with van der Waals surface area (Å²) in [6.07, 6.45) is 1.78. The summed E-state index contributed by atoms with van der Waals surface area (Å²) < 4.78 is 24.7. The number of aliphatic carboxylic acids is 1. The molecule has 1 spiro atoms. The van der Waals surface area contributed by atoms with Gasteiger partial charge in [-0.1, -0.05) is 0 Å². The maximum atomic E-state index is 11.7. The van der Waals surface area contributed by atoms with Crippen molar-refractivity contribution in [1.29, 1.82) is 0 Å². The first-order valence-corrected chi connectivity index (χ1v) is 9.43. The van der Waals surface area contributed by atoms with Crippen molar-refractivity contribution in [2.75, 3.05) is 39.5 Å². The molecule has 2 heterocycles. The van der Waals surface area contributed by atoms with Crippen LogP contribution in [0, 0.1) is 5.92 Å². The number of carbonyl (C=O) groups is 2.